The molecule has 0 bridgehead atoms. The molecule has 162 valence electrons. The molecule has 0 unspecified atom stereocenters. The SMILES string of the molecule is O=C(O)[C@@H]1CN(C(=O)OCC2c3ccccc3-c3ccccc32)C[C@@H]1c1cccc(F)c1. The first-order valence-electron chi connectivity index (χ1n) is 10.6. The van der Waals surface area contributed by atoms with Gasteiger partial charge in [-0.3, -0.25) is 4.79 Å². The Bertz CT molecular complexity index is 1150. The molecule has 0 aromatic heterocycles. The van der Waals surface area contributed by atoms with Gasteiger partial charge in [0.05, 0.1) is 5.92 Å². The maximum atomic E-state index is 13.7. The van der Waals surface area contributed by atoms with E-state index in [1.807, 2.05) is 36.4 Å². The normalized spacial score (nSPS) is 19.5. The summed E-state index contributed by atoms with van der Waals surface area (Å²) >= 11 is 0. The highest BCUT2D eigenvalue weighted by atomic mass is 19.1. The number of likely N-dealkylation sites (tertiary alicyclic amines) is 1. The van der Waals surface area contributed by atoms with Crippen LogP contribution in [-0.2, 0) is 9.53 Å². The standard InChI is InChI=1S/C26H22FNO4/c27-17-7-5-6-16(12-17)22-13-28(14-23(22)25(29)30)26(31)32-15-24-20-10-3-1-8-18(20)19-9-2-4-11-21(19)24/h1-12,22-24H,13-15H2,(H,29,30)/t22-,23-/m1/s1. The van der Waals surface area contributed by atoms with Gasteiger partial charge in [0.2, 0.25) is 0 Å². The molecule has 1 amide bonds. The first-order chi connectivity index (χ1) is 15.5. The van der Waals surface area contributed by atoms with Crippen molar-refractivity contribution in [2.24, 2.45) is 5.92 Å². The highest BCUT2D eigenvalue weighted by molar-refractivity contribution is 5.79. The second-order valence-electron chi connectivity index (χ2n) is 8.32. The second kappa shape index (κ2) is 8.11. The van der Waals surface area contributed by atoms with Crippen LogP contribution >= 0.6 is 0 Å². The number of nitrogens with zero attached hydrogens (tertiary/aromatic N) is 1. The van der Waals surface area contributed by atoms with Crippen molar-refractivity contribution in [2.75, 3.05) is 19.7 Å². The van der Waals surface area contributed by atoms with Crippen LogP contribution in [0.2, 0.25) is 0 Å². The van der Waals surface area contributed by atoms with E-state index in [0.717, 1.165) is 22.3 Å². The Morgan fingerprint density at radius 2 is 1.59 bits per heavy atom. The summed E-state index contributed by atoms with van der Waals surface area (Å²) in [7, 11) is 0. The van der Waals surface area contributed by atoms with E-state index in [1.54, 1.807) is 12.1 Å². The zero-order valence-electron chi connectivity index (χ0n) is 17.3. The van der Waals surface area contributed by atoms with E-state index in [0.29, 0.717) is 5.56 Å². The number of rotatable bonds is 4. The molecule has 1 N–H and O–H groups in total. The van der Waals surface area contributed by atoms with E-state index >= 15 is 0 Å². The van der Waals surface area contributed by atoms with E-state index in [2.05, 4.69) is 12.1 Å². The number of ether oxygens (including phenoxy) is 1. The van der Waals surface area contributed by atoms with Gasteiger partial charge in [-0.1, -0.05) is 60.7 Å². The number of amides is 1. The van der Waals surface area contributed by atoms with Crippen LogP contribution in [0.5, 0.6) is 0 Å². The summed E-state index contributed by atoms with van der Waals surface area (Å²) in [5, 5.41) is 9.66. The van der Waals surface area contributed by atoms with Crippen molar-refractivity contribution in [1.29, 1.82) is 0 Å². The van der Waals surface area contributed by atoms with Crippen LogP contribution in [-0.4, -0.2) is 41.8 Å². The fraction of sp³-hybridized carbons (Fsp3) is 0.231. The monoisotopic (exact) mass is 431 g/mol. The van der Waals surface area contributed by atoms with Crippen LogP contribution in [0.3, 0.4) is 0 Å². The smallest absolute Gasteiger partial charge is 0.409 e. The van der Waals surface area contributed by atoms with Crippen molar-refractivity contribution in [1.82, 2.24) is 4.90 Å². The van der Waals surface area contributed by atoms with Crippen LogP contribution in [0.15, 0.2) is 72.8 Å². The third-order valence-electron chi connectivity index (χ3n) is 6.51. The number of hydrogen-bond donors (Lipinski definition) is 1. The van der Waals surface area contributed by atoms with Crippen molar-refractivity contribution >= 4 is 12.1 Å². The second-order valence-corrected chi connectivity index (χ2v) is 8.32. The Hall–Kier alpha value is -3.67. The summed E-state index contributed by atoms with van der Waals surface area (Å²) in [5.74, 6) is -2.79. The average Bonchev–Trinajstić information content (AvgIpc) is 3.38. The van der Waals surface area contributed by atoms with Crippen molar-refractivity contribution in [3.63, 3.8) is 0 Å². The molecule has 0 saturated carbocycles. The summed E-state index contributed by atoms with van der Waals surface area (Å²) in [4.78, 5) is 26.1. The van der Waals surface area contributed by atoms with Gasteiger partial charge in [-0.2, -0.15) is 0 Å². The predicted octanol–water partition coefficient (Wildman–Crippen LogP) is 4.87. The Labute approximate surface area is 185 Å². The zero-order chi connectivity index (χ0) is 22.2. The molecule has 1 heterocycles. The lowest BCUT2D eigenvalue weighted by molar-refractivity contribution is -0.141. The molecule has 0 radical (unpaired) electrons. The van der Waals surface area contributed by atoms with Gasteiger partial charge in [0.15, 0.2) is 0 Å². The van der Waals surface area contributed by atoms with Gasteiger partial charge in [0.25, 0.3) is 0 Å². The molecular formula is C26H22FNO4. The van der Waals surface area contributed by atoms with Crippen LogP contribution in [0, 0.1) is 11.7 Å². The van der Waals surface area contributed by atoms with Gasteiger partial charge in [-0.25, -0.2) is 9.18 Å². The number of carboxylic acid groups (broad SMARTS) is 1. The van der Waals surface area contributed by atoms with Crippen LogP contribution in [0.25, 0.3) is 11.1 Å². The van der Waals surface area contributed by atoms with Crippen LogP contribution < -0.4 is 0 Å². The lowest BCUT2D eigenvalue weighted by Crippen LogP contribution is -2.31. The Balaban J connectivity index is 1.32. The van der Waals surface area contributed by atoms with Gasteiger partial charge in [-0.15, -0.1) is 0 Å². The Morgan fingerprint density at radius 3 is 2.22 bits per heavy atom. The van der Waals surface area contributed by atoms with Gasteiger partial charge < -0.3 is 14.7 Å². The molecule has 1 saturated heterocycles. The maximum Gasteiger partial charge on any atom is 0.409 e. The van der Waals surface area contributed by atoms with Crippen LogP contribution in [0.4, 0.5) is 9.18 Å². The number of halogens is 1. The fourth-order valence-corrected chi connectivity index (χ4v) is 4.96. The van der Waals surface area contributed by atoms with Crippen molar-refractivity contribution in [3.05, 3.63) is 95.3 Å². The molecule has 32 heavy (non-hydrogen) atoms. The molecule has 0 spiro atoms. The molecule has 1 aliphatic heterocycles. The van der Waals surface area contributed by atoms with Crippen LogP contribution in [0.1, 0.15) is 28.5 Å². The minimum atomic E-state index is -1.01. The molecule has 3 aromatic rings. The number of aliphatic carboxylic acids is 1. The number of benzene rings is 3. The first kappa shape index (κ1) is 20.2. The van der Waals surface area contributed by atoms with Gasteiger partial charge in [0.1, 0.15) is 12.4 Å². The van der Waals surface area contributed by atoms with Gasteiger partial charge >= 0.3 is 12.1 Å². The summed E-state index contributed by atoms with van der Waals surface area (Å²) in [6.45, 7) is 0.385. The lowest BCUT2D eigenvalue weighted by Gasteiger charge is -2.19. The number of carboxylic acids is 1. The van der Waals surface area contributed by atoms with E-state index in [1.165, 1.54) is 17.0 Å². The third kappa shape index (κ3) is 3.51. The molecule has 3 aromatic carbocycles. The molecule has 5 nitrogen and oxygen atoms in total. The topological polar surface area (TPSA) is 66.8 Å². The first-order valence-corrected chi connectivity index (χ1v) is 10.6. The molecule has 2 aliphatic rings. The molecule has 5 rings (SSSR count). The summed E-state index contributed by atoms with van der Waals surface area (Å²) in [5.41, 5.74) is 5.09. The summed E-state index contributed by atoms with van der Waals surface area (Å²) in [6.07, 6.45) is -0.544. The summed E-state index contributed by atoms with van der Waals surface area (Å²) < 4.78 is 19.4. The largest absolute Gasteiger partial charge is 0.481 e. The highest BCUT2D eigenvalue weighted by Gasteiger charge is 2.41. The minimum Gasteiger partial charge on any atom is -0.481 e. The zero-order valence-corrected chi connectivity index (χ0v) is 17.3. The van der Waals surface area contributed by atoms with Crippen molar-refractivity contribution in [2.45, 2.75) is 11.8 Å². The van der Waals surface area contributed by atoms with Crippen molar-refractivity contribution in [3.8, 4) is 11.1 Å². The minimum absolute atomic E-state index is 0.0349. The van der Waals surface area contributed by atoms with E-state index in [-0.39, 0.29) is 25.6 Å². The summed E-state index contributed by atoms with van der Waals surface area (Å²) in [6, 6.07) is 22.1. The fourth-order valence-electron chi connectivity index (χ4n) is 4.96. The molecule has 6 heteroatoms. The van der Waals surface area contributed by atoms with Crippen molar-refractivity contribution < 1.29 is 23.8 Å². The average molecular weight is 431 g/mol. The third-order valence-corrected chi connectivity index (χ3v) is 6.51. The molecule has 1 aliphatic carbocycles. The Kier molecular flexibility index (Phi) is 5.13. The van der Waals surface area contributed by atoms with Gasteiger partial charge in [0, 0.05) is 24.9 Å². The van der Waals surface area contributed by atoms with E-state index in [9.17, 15) is 19.1 Å². The quantitative estimate of drug-likeness (QED) is 0.640. The number of carbonyl (C=O) groups excluding carboxylic acids is 1. The molecule has 2 atom stereocenters. The maximum absolute atomic E-state index is 13.7. The number of hydrogen-bond acceptors (Lipinski definition) is 3. The Morgan fingerprint density at radius 1 is 0.938 bits per heavy atom. The highest BCUT2D eigenvalue weighted by Crippen LogP contribution is 2.44. The van der Waals surface area contributed by atoms with E-state index in [4.69, 9.17) is 4.74 Å². The number of carbonyl (C=O) groups is 2. The molecular weight excluding hydrogens is 409 g/mol. The molecule has 1 fully saturated rings. The van der Waals surface area contributed by atoms with Gasteiger partial charge in [-0.05, 0) is 39.9 Å². The number of fused-ring (bicyclic) bond motifs is 3. The van der Waals surface area contributed by atoms with E-state index < -0.39 is 29.7 Å². The lowest BCUT2D eigenvalue weighted by atomic mass is 9.89. The predicted molar refractivity (Wildman–Crippen MR) is 117 cm³/mol.